The second-order valence-electron chi connectivity index (χ2n) is 5.14. The van der Waals surface area contributed by atoms with E-state index in [0.29, 0.717) is 15.2 Å². The molecule has 2 aromatic carbocycles. The number of rotatable bonds is 6. The number of hydrogen-bond acceptors (Lipinski definition) is 4. The minimum absolute atomic E-state index is 0.0712. The van der Waals surface area contributed by atoms with Crippen molar-refractivity contribution in [2.24, 2.45) is 0 Å². The van der Waals surface area contributed by atoms with E-state index in [0.717, 1.165) is 9.87 Å². The SMILES string of the molecule is COc1ccc(S(=O)(=O)N(CC(=O)O)c2ccc(C)c(Cl)c2)cc1Br. The molecular formula is C16H15BrClNO5S. The first-order chi connectivity index (χ1) is 11.7. The average molecular weight is 449 g/mol. The van der Waals surface area contributed by atoms with E-state index in [1.165, 1.54) is 37.4 Å². The van der Waals surface area contributed by atoms with Crippen molar-refractivity contribution in [3.63, 3.8) is 0 Å². The molecule has 0 bridgehead atoms. The topological polar surface area (TPSA) is 83.9 Å². The van der Waals surface area contributed by atoms with Crippen molar-refractivity contribution in [3.8, 4) is 5.75 Å². The summed E-state index contributed by atoms with van der Waals surface area (Å²) in [5, 5.41) is 9.49. The van der Waals surface area contributed by atoms with E-state index in [2.05, 4.69) is 15.9 Å². The molecule has 0 aliphatic heterocycles. The van der Waals surface area contributed by atoms with Crippen LogP contribution in [0.1, 0.15) is 5.56 Å². The van der Waals surface area contributed by atoms with Gasteiger partial charge in [-0.05, 0) is 58.7 Å². The van der Waals surface area contributed by atoms with Crippen molar-refractivity contribution in [2.75, 3.05) is 18.0 Å². The molecular weight excluding hydrogens is 434 g/mol. The fourth-order valence-corrected chi connectivity index (χ4v) is 4.41. The van der Waals surface area contributed by atoms with Crippen molar-refractivity contribution in [1.82, 2.24) is 0 Å². The lowest BCUT2D eigenvalue weighted by Crippen LogP contribution is -2.35. The number of carboxylic acids is 1. The minimum Gasteiger partial charge on any atom is -0.496 e. The number of halogens is 2. The summed E-state index contributed by atoms with van der Waals surface area (Å²) in [5.41, 5.74) is 0.926. The number of hydrogen-bond donors (Lipinski definition) is 1. The molecule has 0 aromatic heterocycles. The van der Waals surface area contributed by atoms with Gasteiger partial charge in [-0.1, -0.05) is 17.7 Å². The smallest absolute Gasteiger partial charge is 0.324 e. The Kier molecular flexibility index (Phi) is 5.97. The lowest BCUT2D eigenvalue weighted by atomic mass is 10.2. The number of benzene rings is 2. The molecule has 25 heavy (non-hydrogen) atoms. The highest BCUT2D eigenvalue weighted by Gasteiger charge is 2.28. The molecule has 0 saturated heterocycles. The summed E-state index contributed by atoms with van der Waals surface area (Å²) < 4.78 is 32.3. The number of methoxy groups -OCH3 is 1. The van der Waals surface area contributed by atoms with E-state index >= 15 is 0 Å². The van der Waals surface area contributed by atoms with E-state index in [1.807, 2.05) is 0 Å². The normalized spacial score (nSPS) is 11.2. The number of ether oxygens (including phenoxy) is 1. The largest absolute Gasteiger partial charge is 0.496 e. The second-order valence-corrected chi connectivity index (χ2v) is 8.26. The highest BCUT2D eigenvalue weighted by molar-refractivity contribution is 9.10. The number of carbonyl (C=O) groups is 1. The highest BCUT2D eigenvalue weighted by atomic mass is 79.9. The molecule has 0 saturated carbocycles. The Morgan fingerprint density at radius 1 is 1.28 bits per heavy atom. The first kappa shape index (κ1) is 19.6. The molecule has 9 heteroatoms. The maximum Gasteiger partial charge on any atom is 0.324 e. The lowest BCUT2D eigenvalue weighted by molar-refractivity contribution is -0.135. The van der Waals surface area contributed by atoms with Gasteiger partial charge in [0, 0.05) is 5.02 Å². The number of anilines is 1. The molecule has 1 N–H and O–H groups in total. The molecule has 0 fully saturated rings. The lowest BCUT2D eigenvalue weighted by Gasteiger charge is -2.23. The summed E-state index contributed by atoms with van der Waals surface area (Å²) in [6.07, 6.45) is 0. The van der Waals surface area contributed by atoms with Gasteiger partial charge in [0.05, 0.1) is 22.2 Å². The van der Waals surface area contributed by atoms with Gasteiger partial charge in [0.25, 0.3) is 10.0 Å². The Labute approximate surface area is 159 Å². The van der Waals surface area contributed by atoms with Crippen LogP contribution in [-0.2, 0) is 14.8 Å². The predicted octanol–water partition coefficient (Wildman–Crippen LogP) is 3.70. The third-order valence-corrected chi connectivity index (χ3v) is 6.23. The van der Waals surface area contributed by atoms with E-state index < -0.39 is 22.5 Å². The molecule has 2 aromatic rings. The summed E-state index contributed by atoms with van der Waals surface area (Å²) in [6.45, 7) is 1.04. The second kappa shape index (κ2) is 7.63. The van der Waals surface area contributed by atoms with E-state index in [1.54, 1.807) is 13.0 Å². The van der Waals surface area contributed by atoms with Crippen LogP contribution in [0.2, 0.25) is 5.02 Å². The van der Waals surface area contributed by atoms with Crippen molar-refractivity contribution >= 4 is 49.2 Å². The number of aryl methyl sites for hydroxylation is 1. The molecule has 0 unspecified atom stereocenters. The molecule has 0 amide bonds. The van der Waals surface area contributed by atoms with Crippen molar-refractivity contribution in [2.45, 2.75) is 11.8 Å². The van der Waals surface area contributed by atoms with Crippen LogP contribution in [0.3, 0.4) is 0 Å². The molecule has 0 radical (unpaired) electrons. The van der Waals surface area contributed by atoms with Crippen LogP contribution in [0.25, 0.3) is 0 Å². The summed E-state index contributed by atoms with van der Waals surface area (Å²) >= 11 is 9.29. The van der Waals surface area contributed by atoms with Crippen LogP contribution in [0.5, 0.6) is 5.75 Å². The zero-order valence-electron chi connectivity index (χ0n) is 13.4. The third-order valence-electron chi connectivity index (χ3n) is 3.43. The summed E-state index contributed by atoms with van der Waals surface area (Å²) in [6, 6.07) is 8.77. The molecule has 0 heterocycles. The fourth-order valence-electron chi connectivity index (χ4n) is 2.11. The number of carboxylic acid groups (broad SMARTS) is 1. The average Bonchev–Trinajstić information content (AvgIpc) is 2.55. The molecule has 0 atom stereocenters. The monoisotopic (exact) mass is 447 g/mol. The minimum atomic E-state index is -4.12. The summed E-state index contributed by atoms with van der Waals surface area (Å²) in [4.78, 5) is 11.1. The maximum atomic E-state index is 13.0. The number of nitrogens with zero attached hydrogens (tertiary/aromatic N) is 1. The maximum absolute atomic E-state index is 13.0. The van der Waals surface area contributed by atoms with Gasteiger partial charge in [-0.15, -0.1) is 0 Å². The molecule has 6 nitrogen and oxygen atoms in total. The molecule has 2 rings (SSSR count). The Bertz CT molecular complexity index is 917. The zero-order valence-corrected chi connectivity index (χ0v) is 16.5. The fraction of sp³-hybridized carbons (Fsp3) is 0.188. The van der Waals surface area contributed by atoms with Gasteiger partial charge in [-0.3, -0.25) is 9.10 Å². The summed E-state index contributed by atoms with van der Waals surface area (Å²) in [5.74, 6) is -0.824. The standard InChI is InChI=1S/C16H15BrClNO5S/c1-10-3-4-11(7-14(10)18)19(9-16(20)21)25(22,23)12-5-6-15(24-2)13(17)8-12/h3-8H,9H2,1-2H3,(H,20,21). The Morgan fingerprint density at radius 2 is 1.96 bits per heavy atom. The van der Waals surface area contributed by atoms with E-state index in [4.69, 9.17) is 21.4 Å². The van der Waals surface area contributed by atoms with Gasteiger partial charge in [-0.25, -0.2) is 8.42 Å². The van der Waals surface area contributed by atoms with Gasteiger partial charge in [-0.2, -0.15) is 0 Å². The van der Waals surface area contributed by atoms with Crippen LogP contribution < -0.4 is 9.04 Å². The first-order valence-corrected chi connectivity index (χ1v) is 9.62. The van der Waals surface area contributed by atoms with Crippen LogP contribution in [0.4, 0.5) is 5.69 Å². The third kappa shape index (κ3) is 4.26. The van der Waals surface area contributed by atoms with Crippen molar-refractivity contribution in [3.05, 3.63) is 51.5 Å². The molecule has 0 aliphatic carbocycles. The van der Waals surface area contributed by atoms with E-state index in [-0.39, 0.29) is 10.6 Å². The van der Waals surface area contributed by atoms with Crippen molar-refractivity contribution in [1.29, 1.82) is 0 Å². The first-order valence-electron chi connectivity index (χ1n) is 7.01. The van der Waals surface area contributed by atoms with Gasteiger partial charge in [0.2, 0.25) is 0 Å². The van der Waals surface area contributed by atoms with Crippen LogP contribution in [0.15, 0.2) is 45.8 Å². The Morgan fingerprint density at radius 3 is 2.48 bits per heavy atom. The zero-order chi connectivity index (χ0) is 18.8. The highest BCUT2D eigenvalue weighted by Crippen LogP contribution is 2.32. The quantitative estimate of drug-likeness (QED) is 0.728. The summed E-state index contributed by atoms with van der Waals surface area (Å²) in [7, 11) is -2.66. The number of aliphatic carboxylic acids is 1. The molecule has 0 aliphatic rings. The van der Waals surface area contributed by atoms with Gasteiger partial charge in [0.15, 0.2) is 0 Å². The van der Waals surface area contributed by atoms with Gasteiger partial charge < -0.3 is 9.84 Å². The molecule has 134 valence electrons. The molecule has 0 spiro atoms. The Hall–Kier alpha value is -1.77. The van der Waals surface area contributed by atoms with Gasteiger partial charge in [0.1, 0.15) is 12.3 Å². The van der Waals surface area contributed by atoms with Crippen molar-refractivity contribution < 1.29 is 23.1 Å². The van der Waals surface area contributed by atoms with Crippen LogP contribution >= 0.6 is 27.5 Å². The van der Waals surface area contributed by atoms with Crippen LogP contribution in [0, 0.1) is 6.92 Å². The van der Waals surface area contributed by atoms with Gasteiger partial charge >= 0.3 is 5.97 Å². The van der Waals surface area contributed by atoms with E-state index in [9.17, 15) is 13.2 Å². The van der Waals surface area contributed by atoms with Crippen LogP contribution in [-0.4, -0.2) is 33.1 Å². The Balaban J connectivity index is 2.57. The predicted molar refractivity (Wildman–Crippen MR) is 99.1 cm³/mol. The number of sulfonamides is 1.